The molecule has 8 nitrogen and oxygen atoms in total. The fraction of sp³-hybridized carbons (Fsp3) is 0.516. The molecule has 11 heteroatoms. The number of fused-ring (bicyclic) bond motifs is 2. The number of rotatable bonds is 5. The van der Waals surface area contributed by atoms with E-state index in [0.29, 0.717) is 52.9 Å². The number of likely N-dealkylation sites (tertiary alicyclic amines) is 1. The van der Waals surface area contributed by atoms with E-state index >= 15 is 4.39 Å². The number of hydrogen-bond acceptors (Lipinski definition) is 5. The molecule has 1 amide bonds. The minimum Gasteiger partial charge on any atom is -0.490 e. The Morgan fingerprint density at radius 1 is 1.17 bits per heavy atom. The Kier molecular flexibility index (Phi) is 7.53. The van der Waals surface area contributed by atoms with Crippen molar-refractivity contribution in [2.75, 3.05) is 19.7 Å². The SMILES string of the molecule is Cc1nc2c(cc(C(=O)N3CCC(F)(F)CC3)n2C)c(-c2cc(F)c3c(c2C)CCCO3)c1[C@H](OC(C)(C)C)C(=O)O. The highest BCUT2D eigenvalue weighted by molar-refractivity contribution is 6.04. The molecule has 0 unspecified atom stereocenters. The Bertz CT molecular complexity index is 1580. The van der Waals surface area contributed by atoms with Gasteiger partial charge in [-0.15, -0.1) is 0 Å². The zero-order valence-electron chi connectivity index (χ0n) is 24.7. The summed E-state index contributed by atoms with van der Waals surface area (Å²) in [6, 6.07) is 2.94. The zero-order valence-corrected chi connectivity index (χ0v) is 24.7. The van der Waals surface area contributed by atoms with Crippen LogP contribution in [0, 0.1) is 19.7 Å². The second kappa shape index (κ2) is 10.6. The number of aromatic nitrogens is 2. The predicted molar refractivity (Wildman–Crippen MR) is 151 cm³/mol. The van der Waals surface area contributed by atoms with Crippen LogP contribution in [0.4, 0.5) is 13.2 Å². The van der Waals surface area contributed by atoms with Crippen LogP contribution in [0.3, 0.4) is 0 Å². The summed E-state index contributed by atoms with van der Waals surface area (Å²) in [4.78, 5) is 32.4. The fourth-order valence-electron chi connectivity index (χ4n) is 5.98. The summed E-state index contributed by atoms with van der Waals surface area (Å²) in [6.45, 7) is 8.96. The summed E-state index contributed by atoms with van der Waals surface area (Å²) in [5.74, 6) is -4.86. The summed E-state index contributed by atoms with van der Waals surface area (Å²) < 4.78 is 56.5. The summed E-state index contributed by atoms with van der Waals surface area (Å²) in [5, 5.41) is 10.8. The quantitative estimate of drug-likeness (QED) is 0.386. The topological polar surface area (TPSA) is 93.9 Å². The minimum atomic E-state index is -2.81. The number of benzene rings is 1. The first kappa shape index (κ1) is 29.9. The highest BCUT2D eigenvalue weighted by Crippen LogP contribution is 2.45. The Hall–Kier alpha value is -3.60. The molecule has 0 radical (unpaired) electrons. The van der Waals surface area contributed by atoms with E-state index in [2.05, 4.69) is 0 Å². The van der Waals surface area contributed by atoms with E-state index in [0.717, 1.165) is 5.56 Å². The number of carboxylic acids is 1. The molecule has 1 atom stereocenters. The maximum absolute atomic E-state index is 15.6. The summed E-state index contributed by atoms with van der Waals surface area (Å²) >= 11 is 0. The van der Waals surface area contributed by atoms with Gasteiger partial charge in [0.25, 0.3) is 11.8 Å². The molecule has 0 aliphatic carbocycles. The number of ether oxygens (including phenoxy) is 2. The first-order chi connectivity index (χ1) is 19.6. The van der Waals surface area contributed by atoms with Crippen LogP contribution in [0.1, 0.15) is 79.0 Å². The van der Waals surface area contributed by atoms with Crippen molar-refractivity contribution in [3.63, 3.8) is 0 Å². The maximum atomic E-state index is 15.6. The maximum Gasteiger partial charge on any atom is 0.337 e. The van der Waals surface area contributed by atoms with Gasteiger partial charge >= 0.3 is 5.97 Å². The molecule has 1 aromatic carbocycles. The number of aryl methyl sites for hydroxylation is 2. The van der Waals surface area contributed by atoms with Crippen LogP contribution in [-0.4, -0.2) is 62.7 Å². The lowest BCUT2D eigenvalue weighted by molar-refractivity contribution is -0.160. The number of carbonyl (C=O) groups excluding carboxylic acids is 1. The number of nitrogens with zero attached hydrogens (tertiary/aromatic N) is 3. The number of amides is 1. The van der Waals surface area contributed by atoms with Crippen LogP contribution >= 0.6 is 0 Å². The molecule has 3 aromatic rings. The van der Waals surface area contributed by atoms with Gasteiger partial charge in [0.2, 0.25) is 0 Å². The number of carboxylic acid groups (broad SMARTS) is 1. The summed E-state index contributed by atoms with van der Waals surface area (Å²) in [5.41, 5.74) is 2.64. The molecule has 2 aliphatic rings. The third-order valence-corrected chi connectivity index (χ3v) is 8.07. The van der Waals surface area contributed by atoms with Crippen LogP contribution in [0.25, 0.3) is 22.2 Å². The molecule has 42 heavy (non-hydrogen) atoms. The molecule has 0 saturated carbocycles. The summed E-state index contributed by atoms with van der Waals surface area (Å²) in [6.07, 6.45) is -0.994. The van der Waals surface area contributed by atoms with E-state index in [1.807, 2.05) is 6.92 Å². The Balaban J connectivity index is 1.79. The third-order valence-electron chi connectivity index (χ3n) is 8.07. The standard InChI is InChI=1S/C31H36F3N3O5/c1-16-18-8-7-13-41-25(18)21(32)14-19(16)24-20-15-22(28(38)37-11-9-31(33,34)10-12-37)36(6)27(20)35-17(2)23(24)26(29(39)40)42-30(3,4)5/h14-15,26H,7-13H2,1-6H3,(H,39,40)/t26-/m0/s1. The van der Waals surface area contributed by atoms with Gasteiger partial charge in [-0.1, -0.05) is 0 Å². The molecular weight excluding hydrogens is 551 g/mol. The Morgan fingerprint density at radius 3 is 2.45 bits per heavy atom. The highest BCUT2D eigenvalue weighted by Gasteiger charge is 2.38. The number of pyridine rings is 1. The molecule has 2 aromatic heterocycles. The van der Waals surface area contributed by atoms with E-state index in [9.17, 15) is 23.5 Å². The van der Waals surface area contributed by atoms with Crippen molar-refractivity contribution in [3.8, 4) is 16.9 Å². The lowest BCUT2D eigenvalue weighted by Gasteiger charge is -2.31. The van der Waals surface area contributed by atoms with E-state index in [1.165, 1.54) is 11.0 Å². The van der Waals surface area contributed by atoms with Crippen molar-refractivity contribution in [2.24, 2.45) is 7.05 Å². The zero-order chi connectivity index (χ0) is 30.7. The van der Waals surface area contributed by atoms with Gasteiger partial charge in [-0.3, -0.25) is 4.79 Å². The number of aliphatic carboxylic acids is 1. The fourth-order valence-corrected chi connectivity index (χ4v) is 5.98. The van der Waals surface area contributed by atoms with Crippen molar-refractivity contribution in [1.29, 1.82) is 0 Å². The largest absolute Gasteiger partial charge is 0.490 e. The van der Waals surface area contributed by atoms with Crippen molar-refractivity contribution in [2.45, 2.75) is 77.9 Å². The Labute approximate surface area is 242 Å². The number of alkyl halides is 2. The molecular formula is C31H36F3N3O5. The van der Waals surface area contributed by atoms with Gasteiger partial charge in [0.1, 0.15) is 11.3 Å². The Morgan fingerprint density at radius 2 is 1.83 bits per heavy atom. The second-order valence-electron chi connectivity index (χ2n) is 12.2. The molecule has 0 bridgehead atoms. The summed E-state index contributed by atoms with van der Waals surface area (Å²) in [7, 11) is 1.65. The van der Waals surface area contributed by atoms with Crippen LogP contribution in [-0.2, 0) is 23.0 Å². The van der Waals surface area contributed by atoms with E-state index in [4.69, 9.17) is 14.5 Å². The number of carbonyl (C=O) groups is 2. The van der Waals surface area contributed by atoms with Gasteiger partial charge in [-0.05, 0) is 70.7 Å². The smallest absolute Gasteiger partial charge is 0.337 e. The van der Waals surface area contributed by atoms with Crippen LogP contribution in [0.15, 0.2) is 12.1 Å². The van der Waals surface area contributed by atoms with Crippen molar-refractivity contribution < 1.29 is 37.3 Å². The number of hydrogen-bond donors (Lipinski definition) is 1. The first-order valence-corrected chi connectivity index (χ1v) is 14.1. The van der Waals surface area contributed by atoms with Gasteiger partial charge in [-0.25, -0.2) is 22.9 Å². The van der Waals surface area contributed by atoms with Gasteiger partial charge in [0.05, 0.1) is 12.2 Å². The van der Waals surface area contributed by atoms with E-state index in [-0.39, 0.29) is 30.1 Å². The van der Waals surface area contributed by atoms with Gasteiger partial charge < -0.3 is 24.0 Å². The second-order valence-corrected chi connectivity index (χ2v) is 12.2. The van der Waals surface area contributed by atoms with E-state index < -0.39 is 48.2 Å². The molecule has 2 aliphatic heterocycles. The molecule has 4 heterocycles. The lowest BCUT2D eigenvalue weighted by Crippen LogP contribution is -2.43. The number of halogens is 3. The van der Waals surface area contributed by atoms with Gasteiger partial charge in [0, 0.05) is 60.7 Å². The molecule has 226 valence electrons. The third kappa shape index (κ3) is 5.34. The lowest BCUT2D eigenvalue weighted by atomic mass is 9.86. The molecule has 1 saturated heterocycles. The van der Waals surface area contributed by atoms with Crippen LogP contribution < -0.4 is 4.74 Å². The number of piperidine rings is 1. The molecule has 1 N–H and O–H groups in total. The van der Waals surface area contributed by atoms with Crippen molar-refractivity contribution >= 4 is 22.9 Å². The van der Waals surface area contributed by atoms with Crippen LogP contribution in [0.5, 0.6) is 5.75 Å². The van der Waals surface area contributed by atoms with Crippen LogP contribution in [0.2, 0.25) is 0 Å². The van der Waals surface area contributed by atoms with Gasteiger partial charge in [0.15, 0.2) is 17.7 Å². The first-order valence-electron chi connectivity index (χ1n) is 14.1. The average molecular weight is 588 g/mol. The van der Waals surface area contributed by atoms with E-state index in [1.54, 1.807) is 45.4 Å². The van der Waals surface area contributed by atoms with Crippen molar-refractivity contribution in [1.82, 2.24) is 14.5 Å². The van der Waals surface area contributed by atoms with Crippen molar-refractivity contribution in [3.05, 3.63) is 46.0 Å². The molecule has 5 rings (SSSR count). The molecule has 0 spiro atoms. The normalized spacial score (nSPS) is 17.6. The molecule has 1 fully saturated rings. The highest BCUT2D eigenvalue weighted by atomic mass is 19.3. The van der Waals surface area contributed by atoms with Gasteiger partial charge in [-0.2, -0.15) is 0 Å². The monoisotopic (exact) mass is 587 g/mol. The minimum absolute atomic E-state index is 0.0897. The predicted octanol–water partition coefficient (Wildman–Crippen LogP) is 6.13. The average Bonchev–Trinajstić information content (AvgIpc) is 3.23.